The van der Waals surface area contributed by atoms with E-state index in [1.807, 2.05) is 0 Å². The summed E-state index contributed by atoms with van der Waals surface area (Å²) in [5.41, 5.74) is 0.839. The van der Waals surface area contributed by atoms with Gasteiger partial charge in [0.1, 0.15) is 0 Å². The van der Waals surface area contributed by atoms with E-state index in [4.69, 9.17) is 0 Å². The Bertz CT molecular complexity index is 482. The van der Waals surface area contributed by atoms with Crippen LogP contribution in [0.2, 0.25) is 0 Å². The fourth-order valence-electron chi connectivity index (χ4n) is 1.81. The number of nitrogens with zero attached hydrogens (tertiary/aromatic N) is 1. The Kier molecular flexibility index (Phi) is 3.81. The summed E-state index contributed by atoms with van der Waals surface area (Å²) in [5.74, 6) is 0.0656. The van der Waals surface area contributed by atoms with E-state index in [0.717, 1.165) is 12.1 Å². The molecule has 1 unspecified atom stereocenters. The third-order valence-corrected chi connectivity index (χ3v) is 3.44. The molecule has 96 valence electrons. The molecular weight excluding hydrogens is 302 g/mol. The second-order valence-electron chi connectivity index (χ2n) is 4.11. The molecule has 1 aliphatic rings. The Labute approximate surface area is 112 Å². The standard InChI is InChI=1S/C11H12BrN3O3/c12-9-5-8(15(17)18)2-3-10(9)14-7-1-4-11(16)13-6-7/h2-3,5,7,14H,1,4,6H2,(H,13,16). The van der Waals surface area contributed by atoms with Gasteiger partial charge in [-0.3, -0.25) is 14.9 Å². The summed E-state index contributed by atoms with van der Waals surface area (Å²) in [6.45, 7) is 0.572. The normalized spacial score (nSPS) is 19.2. The average molecular weight is 314 g/mol. The van der Waals surface area contributed by atoms with Crippen molar-refractivity contribution in [1.29, 1.82) is 0 Å². The molecule has 0 aromatic heterocycles. The fraction of sp³-hybridized carbons (Fsp3) is 0.364. The molecule has 2 N–H and O–H groups in total. The van der Waals surface area contributed by atoms with Gasteiger partial charge in [0, 0.05) is 41.3 Å². The molecule has 18 heavy (non-hydrogen) atoms. The summed E-state index contributed by atoms with van der Waals surface area (Å²) in [6.07, 6.45) is 1.26. The minimum Gasteiger partial charge on any atom is -0.380 e. The number of carbonyl (C=O) groups is 1. The largest absolute Gasteiger partial charge is 0.380 e. The molecule has 1 saturated heterocycles. The summed E-state index contributed by atoms with van der Waals surface area (Å²) in [4.78, 5) is 21.2. The zero-order valence-electron chi connectivity index (χ0n) is 9.48. The molecule has 2 rings (SSSR count). The molecule has 1 aromatic rings. The van der Waals surface area contributed by atoms with Crippen LogP contribution in [0.3, 0.4) is 0 Å². The van der Waals surface area contributed by atoms with Gasteiger partial charge < -0.3 is 10.6 Å². The van der Waals surface area contributed by atoms with Crippen molar-refractivity contribution < 1.29 is 9.72 Å². The van der Waals surface area contributed by atoms with Crippen molar-refractivity contribution >= 4 is 33.2 Å². The third-order valence-electron chi connectivity index (χ3n) is 2.79. The smallest absolute Gasteiger partial charge is 0.270 e. The van der Waals surface area contributed by atoms with Gasteiger partial charge >= 0.3 is 0 Å². The van der Waals surface area contributed by atoms with E-state index in [9.17, 15) is 14.9 Å². The van der Waals surface area contributed by atoms with Crippen LogP contribution in [0.1, 0.15) is 12.8 Å². The van der Waals surface area contributed by atoms with Crippen molar-refractivity contribution in [1.82, 2.24) is 5.32 Å². The number of amides is 1. The number of rotatable bonds is 3. The highest BCUT2D eigenvalue weighted by Gasteiger charge is 2.19. The maximum atomic E-state index is 11.0. The van der Waals surface area contributed by atoms with Crippen LogP contribution in [0.5, 0.6) is 0 Å². The van der Waals surface area contributed by atoms with Crippen LogP contribution in [-0.2, 0) is 4.79 Å². The molecule has 1 heterocycles. The SMILES string of the molecule is O=C1CCC(Nc2ccc([N+](=O)[O-])cc2Br)CN1. The molecule has 0 spiro atoms. The summed E-state index contributed by atoms with van der Waals surface area (Å²) in [7, 11) is 0. The highest BCUT2D eigenvalue weighted by molar-refractivity contribution is 9.10. The average Bonchev–Trinajstić information content (AvgIpc) is 2.34. The van der Waals surface area contributed by atoms with E-state index in [2.05, 4.69) is 26.6 Å². The van der Waals surface area contributed by atoms with Crippen LogP contribution >= 0.6 is 15.9 Å². The van der Waals surface area contributed by atoms with Gasteiger partial charge in [-0.25, -0.2) is 0 Å². The predicted molar refractivity (Wildman–Crippen MR) is 70.5 cm³/mol. The van der Waals surface area contributed by atoms with Crippen molar-refractivity contribution in [3.8, 4) is 0 Å². The molecule has 6 nitrogen and oxygen atoms in total. The number of nitro groups is 1. The Morgan fingerprint density at radius 2 is 2.28 bits per heavy atom. The number of anilines is 1. The molecule has 1 aliphatic heterocycles. The van der Waals surface area contributed by atoms with Gasteiger partial charge in [-0.15, -0.1) is 0 Å². The molecule has 7 heteroatoms. The van der Waals surface area contributed by atoms with E-state index >= 15 is 0 Å². The number of non-ortho nitro benzene ring substituents is 1. The number of hydrogen-bond acceptors (Lipinski definition) is 4. The van der Waals surface area contributed by atoms with E-state index in [0.29, 0.717) is 17.4 Å². The Morgan fingerprint density at radius 3 is 2.83 bits per heavy atom. The first-order valence-electron chi connectivity index (χ1n) is 5.53. The number of hydrogen-bond donors (Lipinski definition) is 2. The zero-order valence-corrected chi connectivity index (χ0v) is 11.1. The first kappa shape index (κ1) is 12.8. The first-order valence-corrected chi connectivity index (χ1v) is 6.33. The Balaban J connectivity index is 2.05. The van der Waals surface area contributed by atoms with E-state index < -0.39 is 4.92 Å². The lowest BCUT2D eigenvalue weighted by atomic mass is 10.1. The number of carbonyl (C=O) groups excluding carboxylic acids is 1. The van der Waals surface area contributed by atoms with Crippen molar-refractivity contribution in [2.24, 2.45) is 0 Å². The molecule has 1 aromatic carbocycles. The van der Waals surface area contributed by atoms with Crippen LogP contribution < -0.4 is 10.6 Å². The number of halogens is 1. The predicted octanol–water partition coefficient (Wildman–Crippen LogP) is 2.05. The minimum atomic E-state index is -0.435. The van der Waals surface area contributed by atoms with Gasteiger partial charge in [-0.2, -0.15) is 0 Å². The van der Waals surface area contributed by atoms with Crippen LogP contribution in [0, 0.1) is 10.1 Å². The third kappa shape index (κ3) is 2.98. The van der Waals surface area contributed by atoms with Gasteiger partial charge in [0.05, 0.1) is 4.92 Å². The molecule has 0 aliphatic carbocycles. The Hall–Kier alpha value is -1.63. The van der Waals surface area contributed by atoms with E-state index in [1.54, 1.807) is 6.07 Å². The molecule has 1 amide bonds. The zero-order chi connectivity index (χ0) is 13.1. The number of nitrogens with one attached hydrogen (secondary N) is 2. The summed E-state index contributed by atoms with van der Waals surface area (Å²) in [6, 6.07) is 4.73. The quantitative estimate of drug-likeness (QED) is 0.660. The van der Waals surface area contributed by atoms with E-state index in [1.165, 1.54) is 12.1 Å². The first-order chi connectivity index (χ1) is 8.56. The summed E-state index contributed by atoms with van der Waals surface area (Å²) >= 11 is 3.30. The molecular formula is C11H12BrN3O3. The van der Waals surface area contributed by atoms with Gasteiger partial charge in [0.15, 0.2) is 0 Å². The van der Waals surface area contributed by atoms with Crippen LogP contribution in [0.25, 0.3) is 0 Å². The fourth-order valence-corrected chi connectivity index (χ4v) is 2.29. The number of nitro benzene ring substituents is 1. The maximum absolute atomic E-state index is 11.0. The van der Waals surface area contributed by atoms with E-state index in [-0.39, 0.29) is 17.6 Å². The molecule has 0 saturated carbocycles. The summed E-state index contributed by atoms with van der Waals surface area (Å²) in [5, 5.41) is 16.6. The minimum absolute atomic E-state index is 0.0457. The maximum Gasteiger partial charge on any atom is 0.270 e. The van der Waals surface area contributed by atoms with Gasteiger partial charge in [-0.1, -0.05) is 0 Å². The van der Waals surface area contributed by atoms with Gasteiger partial charge in [0.2, 0.25) is 5.91 Å². The van der Waals surface area contributed by atoms with Crippen LogP contribution in [0.4, 0.5) is 11.4 Å². The molecule has 1 atom stereocenters. The second kappa shape index (κ2) is 5.34. The topological polar surface area (TPSA) is 84.3 Å². The molecule has 1 fully saturated rings. The monoisotopic (exact) mass is 313 g/mol. The number of benzene rings is 1. The van der Waals surface area contributed by atoms with Crippen molar-refractivity contribution in [3.05, 3.63) is 32.8 Å². The van der Waals surface area contributed by atoms with Crippen molar-refractivity contribution in [2.75, 3.05) is 11.9 Å². The van der Waals surface area contributed by atoms with Gasteiger partial charge in [0.25, 0.3) is 5.69 Å². The molecule has 0 radical (unpaired) electrons. The highest BCUT2D eigenvalue weighted by atomic mass is 79.9. The van der Waals surface area contributed by atoms with Crippen LogP contribution in [-0.4, -0.2) is 23.4 Å². The molecule has 0 bridgehead atoms. The lowest BCUT2D eigenvalue weighted by molar-refractivity contribution is -0.384. The lowest BCUT2D eigenvalue weighted by Crippen LogP contribution is -2.41. The van der Waals surface area contributed by atoms with Crippen LogP contribution in [0.15, 0.2) is 22.7 Å². The number of piperidine rings is 1. The Morgan fingerprint density at radius 1 is 1.50 bits per heavy atom. The highest BCUT2D eigenvalue weighted by Crippen LogP contribution is 2.28. The lowest BCUT2D eigenvalue weighted by Gasteiger charge is -2.24. The second-order valence-corrected chi connectivity index (χ2v) is 4.96. The van der Waals surface area contributed by atoms with Crippen molar-refractivity contribution in [3.63, 3.8) is 0 Å². The van der Waals surface area contributed by atoms with Gasteiger partial charge in [-0.05, 0) is 28.4 Å². The summed E-state index contributed by atoms with van der Waals surface area (Å²) < 4.78 is 0.647. The van der Waals surface area contributed by atoms with Crippen molar-refractivity contribution in [2.45, 2.75) is 18.9 Å².